The van der Waals surface area contributed by atoms with Gasteiger partial charge in [0.05, 0.1) is 18.4 Å². The van der Waals surface area contributed by atoms with E-state index in [9.17, 15) is 14.0 Å². The summed E-state index contributed by atoms with van der Waals surface area (Å²) >= 11 is 7.82. The number of benzene rings is 1. The summed E-state index contributed by atoms with van der Waals surface area (Å²) in [5.74, 6) is -1.69. The molecule has 1 amide bonds. The minimum absolute atomic E-state index is 0.0882. The number of thioether (sulfide) groups is 1. The molecule has 2 rings (SSSR count). The highest BCUT2D eigenvalue weighted by Crippen LogP contribution is 2.26. The van der Waals surface area contributed by atoms with Crippen LogP contribution in [0.3, 0.4) is 0 Å². The summed E-state index contributed by atoms with van der Waals surface area (Å²) in [5, 5.41) is 10.4. The average Bonchev–Trinajstić information content (AvgIpc) is 2.92. The first-order chi connectivity index (χ1) is 10.5. The van der Waals surface area contributed by atoms with Gasteiger partial charge in [-0.3, -0.25) is 14.9 Å². The number of anilines is 1. The lowest BCUT2D eigenvalue weighted by atomic mass is 10.2. The molecular formula is C12H9ClFN3O3S2. The van der Waals surface area contributed by atoms with Crippen molar-refractivity contribution in [1.29, 1.82) is 0 Å². The molecule has 10 heteroatoms. The molecule has 0 atom stereocenters. The van der Waals surface area contributed by atoms with Crippen molar-refractivity contribution < 1.29 is 18.7 Å². The molecule has 0 bridgehead atoms. The quantitative estimate of drug-likeness (QED) is 0.501. The Morgan fingerprint density at radius 2 is 2.23 bits per heavy atom. The normalized spacial score (nSPS) is 10.3. The van der Waals surface area contributed by atoms with E-state index in [-0.39, 0.29) is 21.5 Å². The highest BCUT2D eigenvalue weighted by atomic mass is 35.5. The fourth-order valence-electron chi connectivity index (χ4n) is 1.34. The molecule has 0 aliphatic heterocycles. The van der Waals surface area contributed by atoms with Gasteiger partial charge in [-0.15, -0.1) is 10.2 Å². The van der Waals surface area contributed by atoms with Gasteiger partial charge in [0.2, 0.25) is 5.13 Å². The number of amides is 1. The van der Waals surface area contributed by atoms with Crippen molar-refractivity contribution in [3.05, 3.63) is 34.6 Å². The summed E-state index contributed by atoms with van der Waals surface area (Å²) in [4.78, 5) is 22.9. The molecule has 0 radical (unpaired) electrons. The zero-order chi connectivity index (χ0) is 16.1. The van der Waals surface area contributed by atoms with Crippen molar-refractivity contribution in [3.63, 3.8) is 0 Å². The lowest BCUT2D eigenvalue weighted by Gasteiger charge is -2.02. The minimum Gasteiger partial charge on any atom is -0.468 e. The SMILES string of the molecule is COC(=O)CSc1nnc(NC(=O)c2ccc(Cl)cc2F)s1. The summed E-state index contributed by atoms with van der Waals surface area (Å²) in [6.45, 7) is 0. The van der Waals surface area contributed by atoms with E-state index in [0.29, 0.717) is 4.34 Å². The van der Waals surface area contributed by atoms with E-state index in [1.54, 1.807) is 0 Å². The zero-order valence-electron chi connectivity index (χ0n) is 11.1. The van der Waals surface area contributed by atoms with Crippen molar-refractivity contribution in [3.8, 4) is 0 Å². The fraction of sp³-hybridized carbons (Fsp3) is 0.167. The van der Waals surface area contributed by atoms with Crippen LogP contribution in [0.1, 0.15) is 10.4 Å². The maximum absolute atomic E-state index is 13.6. The number of halogens is 2. The van der Waals surface area contributed by atoms with E-state index in [1.165, 1.54) is 19.2 Å². The van der Waals surface area contributed by atoms with Crippen LogP contribution in [0.5, 0.6) is 0 Å². The summed E-state index contributed by atoms with van der Waals surface area (Å²) in [6.07, 6.45) is 0. The van der Waals surface area contributed by atoms with Crippen LogP contribution in [0.15, 0.2) is 22.5 Å². The van der Waals surface area contributed by atoms with Gasteiger partial charge in [0, 0.05) is 5.02 Å². The maximum Gasteiger partial charge on any atom is 0.316 e. The molecule has 116 valence electrons. The first-order valence-electron chi connectivity index (χ1n) is 5.79. The van der Waals surface area contributed by atoms with Crippen LogP contribution in [-0.2, 0) is 9.53 Å². The standard InChI is InChI=1S/C12H9ClFN3O3S2/c1-20-9(18)5-21-12-17-16-11(22-12)15-10(19)7-3-2-6(13)4-8(7)14/h2-4H,5H2,1H3,(H,15,16,19). The predicted molar refractivity (Wildman–Crippen MR) is 82.0 cm³/mol. The van der Waals surface area contributed by atoms with E-state index < -0.39 is 17.7 Å². The van der Waals surface area contributed by atoms with Crippen molar-refractivity contribution in [2.24, 2.45) is 0 Å². The monoisotopic (exact) mass is 361 g/mol. The van der Waals surface area contributed by atoms with E-state index in [2.05, 4.69) is 20.3 Å². The first-order valence-corrected chi connectivity index (χ1v) is 7.97. The van der Waals surface area contributed by atoms with Crippen LogP contribution >= 0.6 is 34.7 Å². The molecule has 1 heterocycles. The number of carbonyl (C=O) groups is 2. The van der Waals surface area contributed by atoms with Crippen LogP contribution in [0.2, 0.25) is 5.02 Å². The van der Waals surface area contributed by atoms with Gasteiger partial charge < -0.3 is 4.74 Å². The van der Waals surface area contributed by atoms with Crippen LogP contribution in [-0.4, -0.2) is 34.9 Å². The average molecular weight is 362 g/mol. The highest BCUT2D eigenvalue weighted by molar-refractivity contribution is 8.01. The summed E-state index contributed by atoms with van der Waals surface area (Å²) in [5.41, 5.74) is -0.150. The van der Waals surface area contributed by atoms with Crippen LogP contribution in [0.4, 0.5) is 9.52 Å². The molecule has 2 aromatic rings. The summed E-state index contributed by atoms with van der Waals surface area (Å²) < 4.78 is 18.6. The van der Waals surface area contributed by atoms with E-state index >= 15 is 0 Å². The lowest BCUT2D eigenvalue weighted by Crippen LogP contribution is -2.13. The van der Waals surface area contributed by atoms with E-state index in [0.717, 1.165) is 29.2 Å². The molecule has 0 spiro atoms. The number of rotatable bonds is 5. The Kier molecular flexibility index (Phi) is 5.69. The second kappa shape index (κ2) is 7.52. The van der Waals surface area contributed by atoms with Gasteiger partial charge in [-0.2, -0.15) is 0 Å². The summed E-state index contributed by atoms with van der Waals surface area (Å²) in [6, 6.07) is 3.74. The van der Waals surface area contributed by atoms with Crippen molar-refractivity contribution in [1.82, 2.24) is 10.2 Å². The van der Waals surface area contributed by atoms with Crippen molar-refractivity contribution in [2.75, 3.05) is 18.2 Å². The maximum atomic E-state index is 13.6. The number of hydrogen-bond acceptors (Lipinski definition) is 7. The predicted octanol–water partition coefficient (Wildman–Crippen LogP) is 2.85. The van der Waals surface area contributed by atoms with Crippen molar-refractivity contribution >= 4 is 51.7 Å². The molecule has 0 aliphatic carbocycles. The van der Waals surface area contributed by atoms with Gasteiger partial charge in [-0.05, 0) is 18.2 Å². The van der Waals surface area contributed by atoms with Gasteiger partial charge in [-0.1, -0.05) is 34.7 Å². The smallest absolute Gasteiger partial charge is 0.316 e. The number of esters is 1. The van der Waals surface area contributed by atoms with Gasteiger partial charge in [0.25, 0.3) is 5.91 Å². The number of hydrogen-bond donors (Lipinski definition) is 1. The number of ether oxygens (including phenoxy) is 1. The first kappa shape index (κ1) is 16.7. The second-order valence-corrected chi connectivity index (χ2v) is 6.45. The molecule has 6 nitrogen and oxygen atoms in total. The Bertz CT molecular complexity index is 711. The third-order valence-electron chi connectivity index (χ3n) is 2.34. The molecule has 0 unspecified atom stereocenters. The van der Waals surface area contributed by atoms with Gasteiger partial charge in [0.15, 0.2) is 4.34 Å². The van der Waals surface area contributed by atoms with E-state index in [1.807, 2.05) is 0 Å². The molecule has 1 aromatic heterocycles. The largest absolute Gasteiger partial charge is 0.468 e. The molecule has 1 N–H and O–H groups in total. The van der Waals surface area contributed by atoms with Crippen LogP contribution in [0, 0.1) is 5.82 Å². The number of aromatic nitrogens is 2. The lowest BCUT2D eigenvalue weighted by molar-refractivity contribution is -0.137. The molecule has 1 aromatic carbocycles. The Morgan fingerprint density at radius 1 is 1.45 bits per heavy atom. The summed E-state index contributed by atoms with van der Waals surface area (Å²) in [7, 11) is 1.29. The number of carbonyl (C=O) groups excluding carboxylic acids is 2. The number of nitrogens with one attached hydrogen (secondary N) is 1. The van der Waals surface area contributed by atoms with E-state index in [4.69, 9.17) is 11.6 Å². The number of methoxy groups -OCH3 is 1. The van der Waals surface area contributed by atoms with Gasteiger partial charge in [0.1, 0.15) is 5.82 Å². The molecule has 0 fully saturated rings. The zero-order valence-corrected chi connectivity index (χ0v) is 13.5. The minimum atomic E-state index is -0.727. The third-order valence-corrected chi connectivity index (χ3v) is 4.52. The van der Waals surface area contributed by atoms with Crippen molar-refractivity contribution in [2.45, 2.75) is 4.34 Å². The molecule has 0 saturated heterocycles. The third kappa shape index (κ3) is 4.39. The second-order valence-electron chi connectivity index (χ2n) is 3.82. The Hall–Kier alpha value is -1.71. The highest BCUT2D eigenvalue weighted by Gasteiger charge is 2.15. The molecule has 0 saturated carbocycles. The van der Waals surface area contributed by atoms with Crippen LogP contribution in [0.25, 0.3) is 0 Å². The Labute approximate surface area is 138 Å². The van der Waals surface area contributed by atoms with Gasteiger partial charge in [-0.25, -0.2) is 4.39 Å². The Balaban J connectivity index is 2.00. The molecular weight excluding hydrogens is 353 g/mol. The topological polar surface area (TPSA) is 81.2 Å². The number of nitrogens with zero attached hydrogens (tertiary/aromatic N) is 2. The molecule has 22 heavy (non-hydrogen) atoms. The van der Waals surface area contributed by atoms with Crippen LogP contribution < -0.4 is 5.32 Å². The fourth-order valence-corrected chi connectivity index (χ4v) is 3.07. The van der Waals surface area contributed by atoms with Gasteiger partial charge >= 0.3 is 5.97 Å². The molecule has 0 aliphatic rings. The Morgan fingerprint density at radius 3 is 2.91 bits per heavy atom.